The number of allylic oxidation sites excluding steroid dienone is 1. The molecule has 1 saturated carbocycles. The minimum Gasteiger partial charge on any atom is -0.399 e. The fraction of sp³-hybridized carbons (Fsp3) is 0.516. The van der Waals surface area contributed by atoms with E-state index in [1.807, 2.05) is 31.2 Å². The normalized spacial score (nSPS) is 24.6. The van der Waals surface area contributed by atoms with Gasteiger partial charge in [-0.05, 0) is 69.1 Å². The Morgan fingerprint density at radius 1 is 1.11 bits per heavy atom. The second-order valence-electron chi connectivity index (χ2n) is 10.9. The number of amides is 1. The van der Waals surface area contributed by atoms with E-state index in [4.69, 9.17) is 10.5 Å². The van der Waals surface area contributed by atoms with E-state index in [0.717, 1.165) is 62.0 Å². The summed E-state index contributed by atoms with van der Waals surface area (Å²) in [5, 5.41) is 2.81. The van der Waals surface area contributed by atoms with Crippen molar-refractivity contribution >= 4 is 11.6 Å². The van der Waals surface area contributed by atoms with Crippen molar-refractivity contribution < 1.29 is 13.9 Å². The zero-order valence-electron chi connectivity index (χ0n) is 22.3. The lowest BCUT2D eigenvalue weighted by Gasteiger charge is -2.45. The Hall–Kier alpha value is -2.70. The summed E-state index contributed by atoms with van der Waals surface area (Å²) in [5.41, 5.74) is 9.78. The van der Waals surface area contributed by atoms with Crippen molar-refractivity contribution in [1.82, 2.24) is 10.2 Å². The van der Waals surface area contributed by atoms with Gasteiger partial charge >= 0.3 is 0 Å². The van der Waals surface area contributed by atoms with Crippen LogP contribution in [-0.2, 0) is 16.1 Å². The average Bonchev–Trinajstić information content (AvgIpc) is 2.85. The predicted molar refractivity (Wildman–Crippen MR) is 147 cm³/mol. The monoisotopic (exact) mass is 507 g/mol. The molecule has 2 heterocycles. The van der Waals surface area contributed by atoms with Crippen LogP contribution in [0.4, 0.5) is 10.1 Å². The fourth-order valence-corrected chi connectivity index (χ4v) is 5.52. The van der Waals surface area contributed by atoms with E-state index in [9.17, 15) is 9.18 Å². The molecule has 37 heavy (non-hydrogen) atoms. The number of likely N-dealkylation sites (tertiary alicyclic amines) is 1. The lowest BCUT2D eigenvalue weighted by Crippen LogP contribution is -2.49. The molecule has 2 aromatic rings. The zero-order valence-corrected chi connectivity index (χ0v) is 22.3. The van der Waals surface area contributed by atoms with Crippen LogP contribution >= 0.6 is 0 Å². The van der Waals surface area contributed by atoms with E-state index in [0.29, 0.717) is 17.9 Å². The standard InChI is InChI=1S/C18H27FN2O.C13H15NO/c1-2-13-9-16(10-13)21-7-5-17(6-8-21)22-12-14-3-4-15(20)11-18(14)19;1-9-3-6-11(7-4-9)12-8-5-10(2)14-13(12)15/h3-4,11,13,16-17H,2,5-10,12,20H2,1H3;3-4,6-7,12H,2,5,8H2,1H3,(H,14,15). The van der Waals surface area contributed by atoms with Crippen molar-refractivity contribution in [3.8, 4) is 0 Å². The van der Waals surface area contributed by atoms with Gasteiger partial charge in [-0.1, -0.05) is 55.8 Å². The number of carbonyl (C=O) groups is 1. The maximum Gasteiger partial charge on any atom is 0.231 e. The number of aryl methyl sites for hydroxylation is 1. The van der Waals surface area contributed by atoms with Gasteiger partial charge in [0.2, 0.25) is 5.91 Å². The highest BCUT2D eigenvalue weighted by Gasteiger charge is 2.34. The second kappa shape index (κ2) is 12.7. The topological polar surface area (TPSA) is 67.6 Å². The third kappa shape index (κ3) is 7.42. The van der Waals surface area contributed by atoms with Gasteiger partial charge in [-0.3, -0.25) is 4.79 Å². The molecular formula is C31H42FN3O2. The Morgan fingerprint density at radius 3 is 2.43 bits per heavy atom. The molecule has 3 aliphatic rings. The van der Waals surface area contributed by atoms with Crippen LogP contribution in [0.5, 0.6) is 0 Å². The Morgan fingerprint density at radius 2 is 1.81 bits per heavy atom. The first-order valence-electron chi connectivity index (χ1n) is 13.8. The van der Waals surface area contributed by atoms with Crippen LogP contribution in [0.15, 0.2) is 54.7 Å². The number of hydrogen-bond acceptors (Lipinski definition) is 4. The summed E-state index contributed by atoms with van der Waals surface area (Å²) in [6.45, 7) is 10.7. The van der Waals surface area contributed by atoms with Crippen molar-refractivity contribution in [1.29, 1.82) is 0 Å². The number of hydrogen-bond donors (Lipinski definition) is 2. The summed E-state index contributed by atoms with van der Waals surface area (Å²) in [4.78, 5) is 14.3. The number of anilines is 1. The van der Waals surface area contributed by atoms with Crippen molar-refractivity contribution in [2.75, 3.05) is 18.8 Å². The number of nitrogens with two attached hydrogens (primary N) is 1. The van der Waals surface area contributed by atoms with Gasteiger partial charge in [0.15, 0.2) is 0 Å². The number of rotatable bonds is 6. The van der Waals surface area contributed by atoms with Crippen LogP contribution in [0.1, 0.15) is 74.5 Å². The smallest absolute Gasteiger partial charge is 0.231 e. The first-order valence-corrected chi connectivity index (χ1v) is 13.8. The Bertz CT molecular complexity index is 1060. The molecule has 0 aromatic heterocycles. The molecule has 2 aliphatic heterocycles. The van der Waals surface area contributed by atoms with E-state index in [1.54, 1.807) is 12.1 Å². The number of halogens is 1. The molecule has 6 heteroatoms. The third-order valence-electron chi connectivity index (χ3n) is 8.16. The van der Waals surface area contributed by atoms with Crippen LogP contribution in [-0.4, -0.2) is 36.0 Å². The number of ether oxygens (including phenoxy) is 1. The molecule has 3 fully saturated rings. The average molecular weight is 508 g/mol. The molecular weight excluding hydrogens is 465 g/mol. The van der Waals surface area contributed by atoms with Crippen molar-refractivity contribution in [2.24, 2.45) is 5.92 Å². The number of piperidine rings is 2. The van der Waals surface area contributed by atoms with Crippen molar-refractivity contribution in [2.45, 2.75) is 83.5 Å². The molecule has 1 amide bonds. The summed E-state index contributed by atoms with van der Waals surface area (Å²) in [6, 6.07) is 13.8. The number of benzene rings is 2. The molecule has 200 valence electrons. The lowest BCUT2D eigenvalue weighted by atomic mass is 9.77. The summed E-state index contributed by atoms with van der Waals surface area (Å²) in [6.07, 6.45) is 8.20. The van der Waals surface area contributed by atoms with Gasteiger partial charge < -0.3 is 20.7 Å². The van der Waals surface area contributed by atoms with Gasteiger partial charge in [-0.2, -0.15) is 0 Å². The highest BCUT2D eigenvalue weighted by atomic mass is 19.1. The molecule has 2 aromatic carbocycles. The van der Waals surface area contributed by atoms with Crippen LogP contribution in [0.25, 0.3) is 0 Å². The molecule has 1 atom stereocenters. The molecule has 5 nitrogen and oxygen atoms in total. The van der Waals surface area contributed by atoms with E-state index in [2.05, 4.69) is 23.7 Å². The van der Waals surface area contributed by atoms with Gasteiger partial charge in [-0.15, -0.1) is 0 Å². The Balaban J connectivity index is 0.000000186. The molecule has 2 saturated heterocycles. The van der Waals surface area contributed by atoms with Crippen LogP contribution in [0, 0.1) is 18.7 Å². The zero-order chi connectivity index (χ0) is 26.4. The quantitative estimate of drug-likeness (QED) is 0.465. The Labute approximate surface area is 221 Å². The number of carbonyl (C=O) groups excluding carboxylic acids is 1. The van der Waals surface area contributed by atoms with E-state index < -0.39 is 0 Å². The van der Waals surface area contributed by atoms with Gasteiger partial charge in [0.1, 0.15) is 5.82 Å². The first-order chi connectivity index (χ1) is 17.8. The first kappa shape index (κ1) is 27.3. The van der Waals surface area contributed by atoms with E-state index >= 15 is 0 Å². The minimum absolute atomic E-state index is 0.00361. The summed E-state index contributed by atoms with van der Waals surface area (Å²) >= 11 is 0. The predicted octanol–water partition coefficient (Wildman–Crippen LogP) is 6.08. The van der Waals surface area contributed by atoms with Gasteiger partial charge in [0, 0.05) is 36.1 Å². The highest BCUT2D eigenvalue weighted by molar-refractivity contribution is 5.86. The number of nitrogen functional groups attached to an aromatic ring is 1. The van der Waals surface area contributed by atoms with Crippen LogP contribution < -0.4 is 11.1 Å². The molecule has 1 aliphatic carbocycles. The second-order valence-corrected chi connectivity index (χ2v) is 10.9. The van der Waals surface area contributed by atoms with Gasteiger partial charge in [0.05, 0.1) is 18.6 Å². The highest BCUT2D eigenvalue weighted by Crippen LogP contribution is 2.35. The van der Waals surface area contributed by atoms with E-state index in [-0.39, 0.29) is 23.7 Å². The van der Waals surface area contributed by atoms with Crippen molar-refractivity contribution in [3.05, 3.63) is 77.2 Å². The summed E-state index contributed by atoms with van der Waals surface area (Å²) < 4.78 is 19.6. The lowest BCUT2D eigenvalue weighted by molar-refractivity contribution is -0.122. The van der Waals surface area contributed by atoms with Gasteiger partial charge in [0.25, 0.3) is 0 Å². The van der Waals surface area contributed by atoms with Crippen molar-refractivity contribution in [3.63, 3.8) is 0 Å². The maximum atomic E-state index is 13.7. The SMILES string of the molecule is C=C1CCC(c2ccc(C)cc2)C(=O)N1.CCC1CC(N2CCC(OCc3ccc(N)cc3F)CC2)C1. The molecule has 0 radical (unpaired) electrons. The molecule has 3 N–H and O–H groups in total. The number of nitrogens with one attached hydrogen (secondary N) is 1. The maximum absolute atomic E-state index is 13.7. The van der Waals surface area contributed by atoms with E-state index in [1.165, 1.54) is 30.9 Å². The molecule has 5 rings (SSSR count). The molecule has 1 unspecified atom stereocenters. The third-order valence-corrected chi connectivity index (χ3v) is 8.16. The van der Waals surface area contributed by atoms with Gasteiger partial charge in [-0.25, -0.2) is 4.39 Å². The molecule has 0 bridgehead atoms. The molecule has 0 spiro atoms. The Kier molecular flexibility index (Phi) is 9.38. The minimum atomic E-state index is -0.266. The summed E-state index contributed by atoms with van der Waals surface area (Å²) in [5.74, 6) is 0.760. The van der Waals surface area contributed by atoms with Crippen LogP contribution in [0.2, 0.25) is 0 Å². The largest absolute Gasteiger partial charge is 0.399 e. The number of nitrogens with zero attached hydrogens (tertiary/aromatic N) is 1. The summed E-state index contributed by atoms with van der Waals surface area (Å²) in [7, 11) is 0. The van der Waals surface area contributed by atoms with Crippen LogP contribution in [0.3, 0.4) is 0 Å². The fourth-order valence-electron chi connectivity index (χ4n) is 5.52.